The number of nitrogens with two attached hydrogens (primary N) is 1. The lowest BCUT2D eigenvalue weighted by Crippen LogP contribution is -2.14. The van der Waals surface area contributed by atoms with Crippen LogP contribution in [0.4, 0.5) is 0 Å². The van der Waals surface area contributed by atoms with Gasteiger partial charge in [-0.3, -0.25) is 0 Å². The van der Waals surface area contributed by atoms with Gasteiger partial charge in [0.15, 0.2) is 0 Å². The van der Waals surface area contributed by atoms with Crippen LogP contribution in [0.15, 0.2) is 59.6 Å². The van der Waals surface area contributed by atoms with E-state index in [2.05, 4.69) is 4.98 Å². The van der Waals surface area contributed by atoms with Crippen LogP contribution in [0.2, 0.25) is 0 Å². The van der Waals surface area contributed by atoms with Crippen molar-refractivity contribution in [2.75, 3.05) is 0 Å². The van der Waals surface area contributed by atoms with Gasteiger partial charge in [-0.1, -0.05) is 24.3 Å². The molecule has 0 bridgehead atoms. The number of aliphatic hydroxyl groups is 1. The van der Waals surface area contributed by atoms with Crippen LogP contribution in [0, 0.1) is 0 Å². The third-order valence-corrected chi connectivity index (χ3v) is 8.56. The van der Waals surface area contributed by atoms with E-state index in [9.17, 15) is 13.5 Å². The summed E-state index contributed by atoms with van der Waals surface area (Å²) in [7, 11) is -3.85. The van der Waals surface area contributed by atoms with Gasteiger partial charge in [0.2, 0.25) is 0 Å². The summed E-state index contributed by atoms with van der Waals surface area (Å²) in [4.78, 5) is 5.33. The van der Waals surface area contributed by atoms with E-state index in [1.54, 1.807) is 43.5 Å². The van der Waals surface area contributed by atoms with E-state index in [0.29, 0.717) is 21.1 Å². The van der Waals surface area contributed by atoms with Crippen LogP contribution >= 0.6 is 11.3 Å². The maximum Gasteiger partial charge on any atom is 0.268 e. The zero-order chi connectivity index (χ0) is 21.0. The monoisotopic (exact) mass is 439 g/mol. The minimum atomic E-state index is -3.85. The fourth-order valence-corrected chi connectivity index (χ4v) is 6.56. The molecule has 0 fully saturated rings. The highest BCUT2D eigenvalue weighted by molar-refractivity contribution is 7.90. The number of thiazole rings is 1. The first-order valence-electron chi connectivity index (χ1n) is 9.75. The van der Waals surface area contributed by atoms with Crippen molar-refractivity contribution in [2.45, 2.75) is 36.8 Å². The molecule has 1 aliphatic rings. The summed E-state index contributed by atoms with van der Waals surface area (Å²) in [5, 5.41) is 11.4. The normalized spacial score (nSPS) is 17.4. The number of aryl methyl sites for hydroxylation is 1. The maximum atomic E-state index is 13.7. The highest BCUT2D eigenvalue weighted by Crippen LogP contribution is 2.41. The SMILES string of the molecule is C[C@H](O)c1cnc(-c2cc3c4c(ccc3n2S(=O)(=O)c2ccccc2)[C@H](N)CC4)s1. The Hall–Kier alpha value is -2.52. The average Bonchev–Trinajstić information content (AvgIpc) is 3.45. The van der Waals surface area contributed by atoms with E-state index in [1.807, 2.05) is 18.2 Å². The molecule has 0 unspecified atom stereocenters. The zero-order valence-corrected chi connectivity index (χ0v) is 18.0. The van der Waals surface area contributed by atoms with Crippen molar-refractivity contribution in [3.63, 3.8) is 0 Å². The Morgan fingerprint density at radius 1 is 1.23 bits per heavy atom. The maximum absolute atomic E-state index is 13.7. The first-order chi connectivity index (χ1) is 14.4. The van der Waals surface area contributed by atoms with Gasteiger partial charge in [0, 0.05) is 17.6 Å². The Morgan fingerprint density at radius 2 is 2.00 bits per heavy atom. The van der Waals surface area contributed by atoms with Crippen molar-refractivity contribution >= 4 is 32.3 Å². The number of aromatic nitrogens is 2. The van der Waals surface area contributed by atoms with E-state index in [-0.39, 0.29) is 10.9 Å². The molecule has 2 aromatic carbocycles. The molecule has 8 heteroatoms. The molecule has 0 saturated carbocycles. The van der Waals surface area contributed by atoms with E-state index in [0.717, 1.165) is 29.4 Å². The van der Waals surface area contributed by atoms with Crippen molar-refractivity contribution in [2.24, 2.45) is 5.73 Å². The van der Waals surface area contributed by atoms with Crippen molar-refractivity contribution in [3.05, 3.63) is 70.7 Å². The molecule has 2 heterocycles. The second-order valence-corrected chi connectivity index (χ2v) is 10.4. The second kappa shape index (κ2) is 7.02. The number of nitrogens with zero attached hydrogens (tertiary/aromatic N) is 2. The fourth-order valence-electron chi connectivity index (χ4n) is 4.12. The summed E-state index contributed by atoms with van der Waals surface area (Å²) in [6.07, 6.45) is 2.60. The van der Waals surface area contributed by atoms with Crippen molar-refractivity contribution < 1.29 is 13.5 Å². The lowest BCUT2D eigenvalue weighted by molar-refractivity contribution is 0.203. The van der Waals surface area contributed by atoms with E-state index >= 15 is 0 Å². The standard InChI is InChI=1S/C22H21N3O3S2/c1-13(26)21-12-24-22(29-21)20-11-17-15-7-9-18(23)16(15)8-10-19(17)25(20)30(27,28)14-5-3-2-4-6-14/h2-6,8,10-13,18,26H,7,9,23H2,1H3/t13-,18+/m0/s1. The smallest absolute Gasteiger partial charge is 0.268 e. The lowest BCUT2D eigenvalue weighted by atomic mass is 10.0. The van der Waals surface area contributed by atoms with Crippen LogP contribution in [0.5, 0.6) is 0 Å². The highest BCUT2D eigenvalue weighted by Gasteiger charge is 2.29. The zero-order valence-electron chi connectivity index (χ0n) is 16.3. The number of benzene rings is 2. The molecule has 0 amide bonds. The fraction of sp³-hybridized carbons (Fsp3) is 0.227. The molecule has 1 aliphatic carbocycles. The molecule has 0 saturated heterocycles. The minimum absolute atomic E-state index is 0.0244. The lowest BCUT2D eigenvalue weighted by Gasteiger charge is -2.12. The first-order valence-corrected chi connectivity index (χ1v) is 12.0. The molecule has 30 heavy (non-hydrogen) atoms. The number of fused-ring (bicyclic) bond motifs is 3. The van der Waals surface area contributed by atoms with E-state index in [4.69, 9.17) is 5.73 Å². The van der Waals surface area contributed by atoms with Gasteiger partial charge in [0.1, 0.15) is 5.01 Å². The van der Waals surface area contributed by atoms with Gasteiger partial charge in [0.05, 0.1) is 27.1 Å². The molecular formula is C22H21N3O3S2. The number of hydrogen-bond acceptors (Lipinski definition) is 6. The largest absolute Gasteiger partial charge is 0.388 e. The van der Waals surface area contributed by atoms with Crippen LogP contribution in [0.3, 0.4) is 0 Å². The van der Waals surface area contributed by atoms with Crippen LogP contribution in [-0.4, -0.2) is 22.5 Å². The summed E-state index contributed by atoms with van der Waals surface area (Å²) in [6, 6.07) is 14.1. The molecule has 2 aromatic heterocycles. The quantitative estimate of drug-likeness (QED) is 0.501. The van der Waals surface area contributed by atoms with Gasteiger partial charge in [-0.15, -0.1) is 11.3 Å². The van der Waals surface area contributed by atoms with Gasteiger partial charge in [0.25, 0.3) is 10.0 Å². The van der Waals surface area contributed by atoms with Crippen molar-refractivity contribution in [1.29, 1.82) is 0 Å². The predicted octanol–water partition coefficient (Wildman–Crippen LogP) is 4.00. The Bertz CT molecular complexity index is 1360. The van der Waals surface area contributed by atoms with Gasteiger partial charge < -0.3 is 10.8 Å². The molecule has 3 N–H and O–H groups in total. The first kappa shape index (κ1) is 19.4. The molecule has 4 aromatic rings. The molecule has 0 aliphatic heterocycles. The number of rotatable bonds is 4. The van der Waals surface area contributed by atoms with Gasteiger partial charge in [-0.05, 0) is 55.2 Å². The van der Waals surface area contributed by atoms with Crippen molar-refractivity contribution in [3.8, 4) is 10.7 Å². The third kappa shape index (κ3) is 2.91. The average molecular weight is 440 g/mol. The summed E-state index contributed by atoms with van der Waals surface area (Å²) in [5.74, 6) is 0. The topological polar surface area (TPSA) is 98.2 Å². The van der Waals surface area contributed by atoms with Gasteiger partial charge >= 0.3 is 0 Å². The van der Waals surface area contributed by atoms with Crippen molar-refractivity contribution in [1.82, 2.24) is 8.96 Å². The summed E-state index contributed by atoms with van der Waals surface area (Å²) in [5.41, 5.74) is 9.55. The van der Waals surface area contributed by atoms with Crippen LogP contribution in [0.25, 0.3) is 21.6 Å². The summed E-state index contributed by atoms with van der Waals surface area (Å²) in [6.45, 7) is 1.67. The Balaban J connectivity index is 1.83. The Labute approximate surface area is 178 Å². The number of aliphatic hydroxyl groups excluding tert-OH is 1. The molecule has 0 spiro atoms. The third-order valence-electron chi connectivity index (χ3n) is 5.63. The Morgan fingerprint density at radius 3 is 2.70 bits per heavy atom. The minimum Gasteiger partial charge on any atom is -0.388 e. The predicted molar refractivity (Wildman–Crippen MR) is 118 cm³/mol. The van der Waals surface area contributed by atoms with Crippen LogP contribution < -0.4 is 5.73 Å². The van der Waals surface area contributed by atoms with E-state index in [1.165, 1.54) is 15.3 Å². The van der Waals surface area contributed by atoms with Crippen LogP contribution in [0.1, 0.15) is 41.5 Å². The molecular weight excluding hydrogens is 418 g/mol. The molecule has 6 nitrogen and oxygen atoms in total. The summed E-state index contributed by atoms with van der Waals surface area (Å²) < 4.78 is 28.7. The molecule has 0 radical (unpaired) electrons. The Kier molecular flexibility index (Phi) is 4.55. The van der Waals surface area contributed by atoms with Gasteiger partial charge in [-0.2, -0.15) is 0 Å². The molecule has 5 rings (SSSR count). The van der Waals surface area contributed by atoms with E-state index < -0.39 is 16.1 Å². The molecule has 154 valence electrons. The highest BCUT2D eigenvalue weighted by atomic mass is 32.2. The molecule has 2 atom stereocenters. The van der Waals surface area contributed by atoms with Crippen LogP contribution in [-0.2, 0) is 16.4 Å². The second-order valence-electron chi connectivity index (χ2n) is 7.57. The summed E-state index contributed by atoms with van der Waals surface area (Å²) >= 11 is 1.30. The van der Waals surface area contributed by atoms with Gasteiger partial charge in [-0.25, -0.2) is 17.4 Å². The number of hydrogen-bond donors (Lipinski definition) is 2.